The van der Waals surface area contributed by atoms with Crippen LogP contribution in [0.15, 0.2) is 48.5 Å². The summed E-state index contributed by atoms with van der Waals surface area (Å²) in [6.45, 7) is 7.47. The number of hydrogen-bond acceptors (Lipinski definition) is 3. The van der Waals surface area contributed by atoms with Gasteiger partial charge >= 0.3 is 0 Å². The fourth-order valence-electron chi connectivity index (χ4n) is 4.27. The minimum Gasteiger partial charge on any atom is -0.341 e. The monoisotopic (exact) mass is 454 g/mol. The SMILES string of the molecule is Cc1nn(-c2ccc(Cl)cc2)c(C)c1CC(=O)N1CCCN(Cc2ccccc2F)CC1. The summed E-state index contributed by atoms with van der Waals surface area (Å²) in [6.07, 6.45) is 1.21. The van der Waals surface area contributed by atoms with Crippen molar-refractivity contribution in [2.45, 2.75) is 33.2 Å². The molecule has 168 valence electrons. The molecule has 3 aromatic rings. The van der Waals surface area contributed by atoms with E-state index in [0.717, 1.165) is 48.7 Å². The fourth-order valence-corrected chi connectivity index (χ4v) is 4.40. The number of halogens is 2. The van der Waals surface area contributed by atoms with Crippen molar-refractivity contribution in [1.82, 2.24) is 19.6 Å². The molecule has 1 fully saturated rings. The predicted octanol–water partition coefficient (Wildman–Crippen LogP) is 4.56. The maximum absolute atomic E-state index is 14.0. The molecule has 1 aliphatic heterocycles. The molecule has 0 spiro atoms. The van der Waals surface area contributed by atoms with Gasteiger partial charge in [0.05, 0.1) is 17.8 Å². The second kappa shape index (κ2) is 9.84. The minimum atomic E-state index is -0.173. The Bertz CT molecular complexity index is 1100. The fraction of sp³-hybridized carbons (Fsp3) is 0.360. The van der Waals surface area contributed by atoms with E-state index in [4.69, 9.17) is 11.6 Å². The van der Waals surface area contributed by atoms with Crippen LogP contribution in [0, 0.1) is 19.7 Å². The molecule has 0 bridgehead atoms. The third kappa shape index (κ3) is 5.03. The summed E-state index contributed by atoms with van der Waals surface area (Å²) < 4.78 is 15.9. The lowest BCUT2D eigenvalue weighted by Gasteiger charge is -2.22. The van der Waals surface area contributed by atoms with Gasteiger partial charge in [0.2, 0.25) is 5.91 Å². The average Bonchev–Trinajstić information content (AvgIpc) is 2.94. The van der Waals surface area contributed by atoms with E-state index in [1.54, 1.807) is 6.07 Å². The van der Waals surface area contributed by atoms with Crippen molar-refractivity contribution < 1.29 is 9.18 Å². The van der Waals surface area contributed by atoms with Crippen LogP contribution in [0.5, 0.6) is 0 Å². The van der Waals surface area contributed by atoms with E-state index in [9.17, 15) is 9.18 Å². The van der Waals surface area contributed by atoms with E-state index in [1.165, 1.54) is 6.07 Å². The van der Waals surface area contributed by atoms with Gasteiger partial charge < -0.3 is 4.90 Å². The zero-order valence-electron chi connectivity index (χ0n) is 18.5. The van der Waals surface area contributed by atoms with Gasteiger partial charge in [-0.05, 0) is 50.6 Å². The van der Waals surface area contributed by atoms with Crippen molar-refractivity contribution >= 4 is 17.5 Å². The van der Waals surface area contributed by atoms with Crippen LogP contribution in [-0.4, -0.2) is 51.7 Å². The summed E-state index contributed by atoms with van der Waals surface area (Å²) in [5, 5.41) is 5.33. The highest BCUT2D eigenvalue weighted by molar-refractivity contribution is 6.30. The summed E-state index contributed by atoms with van der Waals surface area (Å²) in [5.74, 6) is -0.0621. The molecular weight excluding hydrogens is 427 g/mol. The molecule has 2 aromatic carbocycles. The van der Waals surface area contributed by atoms with E-state index < -0.39 is 0 Å². The van der Waals surface area contributed by atoms with Crippen LogP contribution in [0.25, 0.3) is 5.69 Å². The number of nitrogens with zero attached hydrogens (tertiary/aromatic N) is 4. The smallest absolute Gasteiger partial charge is 0.227 e. The zero-order chi connectivity index (χ0) is 22.7. The number of amides is 1. The maximum atomic E-state index is 14.0. The van der Waals surface area contributed by atoms with Gasteiger partial charge in [-0.3, -0.25) is 9.69 Å². The number of rotatable bonds is 5. The second-order valence-electron chi connectivity index (χ2n) is 8.32. The lowest BCUT2D eigenvalue weighted by Crippen LogP contribution is -2.36. The molecule has 5 nitrogen and oxygen atoms in total. The highest BCUT2D eigenvalue weighted by Gasteiger charge is 2.23. The van der Waals surface area contributed by atoms with Crippen molar-refractivity contribution in [2.75, 3.05) is 26.2 Å². The summed E-state index contributed by atoms with van der Waals surface area (Å²) >= 11 is 6.00. The van der Waals surface area contributed by atoms with Gasteiger partial charge in [-0.25, -0.2) is 9.07 Å². The maximum Gasteiger partial charge on any atom is 0.227 e. The van der Waals surface area contributed by atoms with Crippen molar-refractivity contribution in [2.24, 2.45) is 0 Å². The minimum absolute atomic E-state index is 0.111. The van der Waals surface area contributed by atoms with Gasteiger partial charge in [0, 0.05) is 54.6 Å². The van der Waals surface area contributed by atoms with E-state index in [2.05, 4.69) is 10.00 Å². The Morgan fingerprint density at radius 2 is 1.78 bits per heavy atom. The second-order valence-corrected chi connectivity index (χ2v) is 8.75. The summed E-state index contributed by atoms with van der Waals surface area (Å²) in [4.78, 5) is 17.3. The molecule has 1 saturated heterocycles. The van der Waals surface area contributed by atoms with Crippen LogP contribution in [0.2, 0.25) is 5.02 Å². The Morgan fingerprint density at radius 1 is 1.03 bits per heavy atom. The van der Waals surface area contributed by atoms with Crippen LogP contribution >= 0.6 is 11.6 Å². The number of carbonyl (C=O) groups is 1. The van der Waals surface area contributed by atoms with Gasteiger partial charge in [0.1, 0.15) is 5.82 Å². The third-order valence-electron chi connectivity index (χ3n) is 6.13. The Balaban J connectivity index is 1.41. The summed E-state index contributed by atoms with van der Waals surface area (Å²) in [5.41, 5.74) is 4.42. The van der Waals surface area contributed by atoms with Crippen LogP contribution in [0.4, 0.5) is 4.39 Å². The molecule has 0 atom stereocenters. The van der Waals surface area contributed by atoms with Gasteiger partial charge in [-0.15, -0.1) is 0 Å². The number of aromatic nitrogens is 2. The van der Waals surface area contributed by atoms with Crippen LogP contribution < -0.4 is 0 Å². The molecule has 0 aliphatic carbocycles. The highest BCUT2D eigenvalue weighted by atomic mass is 35.5. The topological polar surface area (TPSA) is 41.4 Å². The normalized spacial score (nSPS) is 15.1. The molecule has 7 heteroatoms. The number of aryl methyl sites for hydroxylation is 1. The molecule has 0 unspecified atom stereocenters. The largest absolute Gasteiger partial charge is 0.341 e. The third-order valence-corrected chi connectivity index (χ3v) is 6.39. The van der Waals surface area contributed by atoms with Gasteiger partial charge in [-0.1, -0.05) is 29.8 Å². The molecule has 0 N–H and O–H groups in total. The zero-order valence-corrected chi connectivity index (χ0v) is 19.3. The first kappa shape index (κ1) is 22.5. The van der Waals surface area contributed by atoms with E-state index >= 15 is 0 Å². The Kier molecular flexibility index (Phi) is 6.92. The van der Waals surface area contributed by atoms with Crippen molar-refractivity contribution in [3.63, 3.8) is 0 Å². The number of benzene rings is 2. The number of hydrogen-bond donors (Lipinski definition) is 0. The molecule has 0 radical (unpaired) electrons. The molecule has 1 aliphatic rings. The lowest BCUT2D eigenvalue weighted by molar-refractivity contribution is -0.130. The quantitative estimate of drug-likeness (QED) is 0.567. The summed E-state index contributed by atoms with van der Waals surface area (Å²) in [6, 6.07) is 14.4. The Hall–Kier alpha value is -2.70. The van der Waals surface area contributed by atoms with E-state index in [0.29, 0.717) is 30.1 Å². The average molecular weight is 455 g/mol. The van der Waals surface area contributed by atoms with E-state index in [-0.39, 0.29) is 11.7 Å². The van der Waals surface area contributed by atoms with Gasteiger partial charge in [-0.2, -0.15) is 5.10 Å². The number of carbonyl (C=O) groups excluding carboxylic acids is 1. The van der Waals surface area contributed by atoms with Gasteiger partial charge in [0.15, 0.2) is 0 Å². The Morgan fingerprint density at radius 3 is 2.53 bits per heavy atom. The molecule has 32 heavy (non-hydrogen) atoms. The molecule has 0 saturated carbocycles. The van der Waals surface area contributed by atoms with Crippen LogP contribution in [0.1, 0.15) is 28.9 Å². The van der Waals surface area contributed by atoms with Crippen molar-refractivity contribution in [1.29, 1.82) is 0 Å². The van der Waals surface area contributed by atoms with Crippen molar-refractivity contribution in [3.8, 4) is 5.69 Å². The highest BCUT2D eigenvalue weighted by Crippen LogP contribution is 2.21. The standard InChI is InChI=1S/C25H28ClFN4O/c1-18-23(19(2)31(28-18)22-10-8-21(26)9-11-22)16-25(32)30-13-5-12-29(14-15-30)17-20-6-3-4-7-24(20)27/h3-4,6-11H,5,12-17H2,1-2H3. The molecule has 4 rings (SSSR count). The van der Waals surface area contributed by atoms with E-state index in [1.807, 2.05) is 59.8 Å². The molecular formula is C25H28ClFN4O. The predicted molar refractivity (Wildman–Crippen MR) is 125 cm³/mol. The first-order valence-corrected chi connectivity index (χ1v) is 11.3. The van der Waals surface area contributed by atoms with Crippen LogP contribution in [0.3, 0.4) is 0 Å². The molecule has 2 heterocycles. The van der Waals surface area contributed by atoms with Crippen molar-refractivity contribution in [3.05, 3.63) is 81.9 Å². The van der Waals surface area contributed by atoms with Crippen LogP contribution in [-0.2, 0) is 17.8 Å². The molecule has 1 amide bonds. The molecule has 1 aromatic heterocycles. The summed E-state index contributed by atoms with van der Waals surface area (Å²) in [7, 11) is 0. The lowest BCUT2D eigenvalue weighted by atomic mass is 10.1. The first-order chi connectivity index (χ1) is 15.4. The Labute approximate surface area is 193 Å². The van der Waals surface area contributed by atoms with Gasteiger partial charge in [0.25, 0.3) is 0 Å². The first-order valence-electron chi connectivity index (χ1n) is 11.0.